The minimum atomic E-state index is -0.778. The molecule has 0 aromatic heterocycles. The van der Waals surface area contributed by atoms with Crippen LogP contribution in [0.15, 0.2) is 24.3 Å². The maximum absolute atomic E-state index is 12.4. The van der Waals surface area contributed by atoms with Crippen LogP contribution in [0.3, 0.4) is 0 Å². The molecule has 2 N–H and O–H groups in total. The summed E-state index contributed by atoms with van der Waals surface area (Å²) in [5.41, 5.74) is -0.328. The molecule has 0 spiro atoms. The first-order chi connectivity index (χ1) is 12.7. The third-order valence-corrected chi connectivity index (χ3v) is 5.41. The Kier molecular flexibility index (Phi) is 9.52. The van der Waals surface area contributed by atoms with E-state index in [-0.39, 0.29) is 35.4 Å². The molecule has 1 aliphatic carbocycles. The maximum Gasteiger partial charge on any atom is 0.303 e. The molecule has 0 aromatic rings. The molecule has 0 bridgehead atoms. The number of Topliss-reactive ketones (excluding diaryl/α,β-unsaturated/α-hetero) is 1. The van der Waals surface area contributed by atoms with Crippen LogP contribution in [0.1, 0.15) is 66.2 Å². The van der Waals surface area contributed by atoms with Crippen LogP contribution in [-0.4, -0.2) is 28.1 Å². The average Bonchev–Trinajstić information content (AvgIpc) is 2.86. The Morgan fingerprint density at radius 1 is 1.37 bits per heavy atom. The van der Waals surface area contributed by atoms with Crippen molar-refractivity contribution >= 4 is 11.8 Å². The molecule has 4 atom stereocenters. The highest BCUT2D eigenvalue weighted by molar-refractivity contribution is 5.84. The summed E-state index contributed by atoms with van der Waals surface area (Å²) in [5, 5.41) is 19.2. The largest absolute Gasteiger partial charge is 0.481 e. The third-order valence-electron chi connectivity index (χ3n) is 5.41. The summed E-state index contributed by atoms with van der Waals surface area (Å²) in [6.45, 7) is 7.87. The quantitative estimate of drug-likeness (QED) is 0.338. The summed E-state index contributed by atoms with van der Waals surface area (Å²) in [6.07, 6.45) is 10.6. The van der Waals surface area contributed by atoms with Gasteiger partial charge in [0.1, 0.15) is 5.78 Å². The molecule has 150 valence electrons. The van der Waals surface area contributed by atoms with E-state index in [1.807, 2.05) is 38.2 Å². The minimum absolute atomic E-state index is 0.0577. The second kappa shape index (κ2) is 11.1. The Labute approximate surface area is 163 Å². The highest BCUT2D eigenvalue weighted by Gasteiger charge is 2.38. The van der Waals surface area contributed by atoms with Crippen molar-refractivity contribution in [3.05, 3.63) is 24.3 Å². The molecule has 0 aliphatic heterocycles. The van der Waals surface area contributed by atoms with Crippen molar-refractivity contribution in [1.82, 2.24) is 0 Å². The SMILES string of the molecule is CC#CCC(C)(C)[C@H](O)C=C[C@H]1[C@H](C)CC(=O)[C@@H]1CC=CCCCC(=O)O. The van der Waals surface area contributed by atoms with Crippen molar-refractivity contribution in [3.63, 3.8) is 0 Å². The van der Waals surface area contributed by atoms with E-state index in [1.54, 1.807) is 6.92 Å². The molecule has 0 unspecified atom stereocenters. The number of hydrogen-bond acceptors (Lipinski definition) is 3. The van der Waals surface area contributed by atoms with Gasteiger partial charge in [0.05, 0.1) is 6.10 Å². The summed E-state index contributed by atoms with van der Waals surface area (Å²) >= 11 is 0. The minimum Gasteiger partial charge on any atom is -0.481 e. The molecule has 4 nitrogen and oxygen atoms in total. The molecule has 0 amide bonds. The Morgan fingerprint density at radius 3 is 2.70 bits per heavy atom. The lowest BCUT2D eigenvalue weighted by molar-refractivity contribution is -0.137. The van der Waals surface area contributed by atoms with Crippen LogP contribution in [0.5, 0.6) is 0 Å². The van der Waals surface area contributed by atoms with E-state index in [2.05, 4.69) is 18.8 Å². The number of aliphatic hydroxyl groups excluding tert-OH is 1. The number of carboxylic acid groups (broad SMARTS) is 1. The first-order valence-electron chi connectivity index (χ1n) is 9.84. The molecule has 1 saturated carbocycles. The molecular formula is C23H34O4. The number of carbonyl (C=O) groups is 2. The lowest BCUT2D eigenvalue weighted by atomic mass is 9.81. The van der Waals surface area contributed by atoms with Crippen LogP contribution >= 0.6 is 0 Å². The fourth-order valence-corrected chi connectivity index (χ4v) is 3.48. The number of carboxylic acids is 1. The van der Waals surface area contributed by atoms with E-state index in [0.717, 1.165) is 0 Å². The van der Waals surface area contributed by atoms with Gasteiger partial charge in [-0.2, -0.15) is 0 Å². The molecule has 1 rings (SSSR count). The van der Waals surface area contributed by atoms with E-state index in [4.69, 9.17) is 5.11 Å². The summed E-state index contributed by atoms with van der Waals surface area (Å²) in [7, 11) is 0. The fourth-order valence-electron chi connectivity index (χ4n) is 3.48. The molecule has 0 saturated heterocycles. The van der Waals surface area contributed by atoms with E-state index in [0.29, 0.717) is 32.1 Å². The molecule has 1 fully saturated rings. The van der Waals surface area contributed by atoms with Gasteiger partial charge in [-0.3, -0.25) is 9.59 Å². The number of rotatable bonds is 10. The number of allylic oxidation sites excluding steroid dienone is 3. The second-order valence-corrected chi connectivity index (χ2v) is 8.25. The molecular weight excluding hydrogens is 340 g/mol. The van der Waals surface area contributed by atoms with Gasteiger partial charge in [-0.15, -0.1) is 11.8 Å². The number of hydrogen-bond donors (Lipinski definition) is 2. The van der Waals surface area contributed by atoms with Crippen LogP contribution in [0, 0.1) is 35.0 Å². The fraction of sp³-hybridized carbons (Fsp3) is 0.652. The number of unbranched alkanes of at least 4 members (excludes halogenated alkanes) is 1. The van der Waals surface area contributed by atoms with Gasteiger partial charge >= 0.3 is 5.97 Å². The summed E-state index contributed by atoms with van der Waals surface area (Å²) in [5.74, 6) is 5.74. The van der Waals surface area contributed by atoms with Crippen molar-refractivity contribution in [2.24, 2.45) is 23.2 Å². The molecule has 1 aliphatic rings. The Balaban J connectivity index is 2.67. The molecule has 27 heavy (non-hydrogen) atoms. The smallest absolute Gasteiger partial charge is 0.303 e. The van der Waals surface area contributed by atoms with Crippen molar-refractivity contribution in [2.75, 3.05) is 0 Å². The van der Waals surface area contributed by atoms with E-state index in [9.17, 15) is 14.7 Å². The van der Waals surface area contributed by atoms with Crippen LogP contribution in [0.25, 0.3) is 0 Å². The van der Waals surface area contributed by atoms with Gasteiger partial charge in [-0.05, 0) is 38.0 Å². The van der Waals surface area contributed by atoms with Gasteiger partial charge in [0.15, 0.2) is 0 Å². The highest BCUT2D eigenvalue weighted by Crippen LogP contribution is 2.38. The molecule has 0 radical (unpaired) electrons. The predicted molar refractivity (Wildman–Crippen MR) is 108 cm³/mol. The summed E-state index contributed by atoms with van der Waals surface area (Å²) in [4.78, 5) is 22.9. The van der Waals surface area contributed by atoms with Crippen molar-refractivity contribution in [2.45, 2.75) is 72.3 Å². The van der Waals surface area contributed by atoms with Gasteiger partial charge in [-0.1, -0.05) is 45.1 Å². The lowest BCUT2D eigenvalue weighted by Crippen LogP contribution is -2.27. The van der Waals surface area contributed by atoms with Crippen molar-refractivity contribution in [3.8, 4) is 11.8 Å². The zero-order valence-electron chi connectivity index (χ0n) is 17.1. The first-order valence-corrected chi connectivity index (χ1v) is 9.84. The van der Waals surface area contributed by atoms with Gasteiger partial charge in [0, 0.05) is 30.6 Å². The highest BCUT2D eigenvalue weighted by atomic mass is 16.4. The zero-order valence-corrected chi connectivity index (χ0v) is 17.1. The predicted octanol–water partition coefficient (Wildman–Crippen LogP) is 4.39. The number of aliphatic hydroxyl groups is 1. The third kappa shape index (κ3) is 7.72. The maximum atomic E-state index is 12.4. The summed E-state index contributed by atoms with van der Waals surface area (Å²) in [6, 6.07) is 0. The standard InChI is InChI=1S/C23H34O4/c1-5-6-15-23(3,4)21(25)14-13-18-17(2)16-20(24)19(18)11-9-7-8-10-12-22(26)27/h7,9,13-14,17-19,21,25H,8,10-12,15-16H2,1-4H3,(H,26,27)/t17-,18+,19-,21-/m1/s1. The van der Waals surface area contributed by atoms with Gasteiger partial charge < -0.3 is 10.2 Å². The number of aliphatic carboxylic acids is 1. The van der Waals surface area contributed by atoms with Gasteiger partial charge in [-0.25, -0.2) is 0 Å². The van der Waals surface area contributed by atoms with Crippen LogP contribution < -0.4 is 0 Å². The lowest BCUT2D eigenvalue weighted by Gasteiger charge is -2.27. The van der Waals surface area contributed by atoms with Crippen LogP contribution in [-0.2, 0) is 9.59 Å². The van der Waals surface area contributed by atoms with Crippen LogP contribution in [0.2, 0.25) is 0 Å². The molecule has 0 heterocycles. The Bertz CT molecular complexity index is 618. The summed E-state index contributed by atoms with van der Waals surface area (Å²) < 4.78 is 0. The topological polar surface area (TPSA) is 74.6 Å². The van der Waals surface area contributed by atoms with E-state index < -0.39 is 12.1 Å². The van der Waals surface area contributed by atoms with Crippen molar-refractivity contribution < 1.29 is 19.8 Å². The molecule has 0 aromatic carbocycles. The Hall–Kier alpha value is -1.86. The monoisotopic (exact) mass is 374 g/mol. The van der Waals surface area contributed by atoms with Crippen LogP contribution in [0.4, 0.5) is 0 Å². The number of ketones is 1. The zero-order chi connectivity index (χ0) is 20.4. The van der Waals surface area contributed by atoms with Crippen molar-refractivity contribution in [1.29, 1.82) is 0 Å². The first kappa shape index (κ1) is 23.2. The van der Waals surface area contributed by atoms with E-state index in [1.165, 1.54) is 0 Å². The second-order valence-electron chi connectivity index (χ2n) is 8.25. The average molecular weight is 375 g/mol. The molecule has 4 heteroatoms. The van der Waals surface area contributed by atoms with Gasteiger partial charge in [0.25, 0.3) is 0 Å². The van der Waals surface area contributed by atoms with Gasteiger partial charge in [0.2, 0.25) is 0 Å². The van der Waals surface area contributed by atoms with E-state index >= 15 is 0 Å². The number of carbonyl (C=O) groups excluding carboxylic acids is 1. The Morgan fingerprint density at radius 2 is 2.07 bits per heavy atom. The normalized spacial score (nSPS) is 24.3.